The van der Waals surface area contributed by atoms with Gasteiger partial charge in [0, 0.05) is 17.0 Å². The summed E-state index contributed by atoms with van der Waals surface area (Å²) >= 11 is 0. The van der Waals surface area contributed by atoms with Crippen molar-refractivity contribution >= 4 is 11.0 Å². The molecule has 0 unspecified atom stereocenters. The summed E-state index contributed by atoms with van der Waals surface area (Å²) in [6.07, 6.45) is 6.25. The highest BCUT2D eigenvalue weighted by Gasteiger charge is 2.11. The fourth-order valence-corrected chi connectivity index (χ4v) is 2.64. The quantitative estimate of drug-likeness (QED) is 0.508. The molecule has 1 aromatic heterocycles. The average Bonchev–Trinajstić information content (AvgIpc) is 2.50. The molecule has 0 aliphatic carbocycles. The van der Waals surface area contributed by atoms with E-state index in [-0.39, 0.29) is 5.63 Å². The van der Waals surface area contributed by atoms with Crippen LogP contribution in [0.2, 0.25) is 0 Å². The van der Waals surface area contributed by atoms with Crippen molar-refractivity contribution in [3.63, 3.8) is 0 Å². The minimum absolute atomic E-state index is 0.202. The standard InChI is InChI=1S/C19H26O3/c1-4-6-8-9-17-14(3)16-11-10-15(21-12-7-5-2)13-18(16)22-19(17)20/h10-11,13H,4-9,12H2,1-3H3. The van der Waals surface area contributed by atoms with Crippen molar-refractivity contribution in [2.75, 3.05) is 6.61 Å². The molecule has 0 saturated carbocycles. The van der Waals surface area contributed by atoms with Gasteiger partial charge in [0.25, 0.3) is 0 Å². The summed E-state index contributed by atoms with van der Waals surface area (Å²) in [7, 11) is 0. The first-order valence-electron chi connectivity index (χ1n) is 8.36. The molecule has 0 N–H and O–H groups in total. The Balaban J connectivity index is 2.28. The minimum atomic E-state index is -0.202. The first-order valence-corrected chi connectivity index (χ1v) is 8.36. The fraction of sp³-hybridized carbons (Fsp3) is 0.526. The highest BCUT2D eigenvalue weighted by atomic mass is 16.5. The lowest BCUT2D eigenvalue weighted by Crippen LogP contribution is -2.10. The van der Waals surface area contributed by atoms with Crippen LogP contribution in [0, 0.1) is 6.92 Å². The number of benzene rings is 1. The van der Waals surface area contributed by atoms with Gasteiger partial charge in [0.05, 0.1) is 6.61 Å². The summed E-state index contributed by atoms with van der Waals surface area (Å²) in [6, 6.07) is 5.79. The van der Waals surface area contributed by atoms with E-state index in [1.807, 2.05) is 25.1 Å². The largest absolute Gasteiger partial charge is 0.493 e. The Bertz CT molecular complexity index is 670. The van der Waals surface area contributed by atoms with Crippen LogP contribution < -0.4 is 10.4 Å². The van der Waals surface area contributed by atoms with Crippen molar-refractivity contribution in [3.05, 3.63) is 39.7 Å². The molecule has 0 atom stereocenters. The van der Waals surface area contributed by atoms with Crippen molar-refractivity contribution < 1.29 is 9.15 Å². The van der Waals surface area contributed by atoms with Gasteiger partial charge in [0.1, 0.15) is 11.3 Å². The van der Waals surface area contributed by atoms with Crippen molar-refractivity contribution in [1.29, 1.82) is 0 Å². The second-order valence-corrected chi connectivity index (χ2v) is 5.81. The topological polar surface area (TPSA) is 39.4 Å². The number of hydrogen-bond donors (Lipinski definition) is 0. The Morgan fingerprint density at radius 3 is 2.59 bits per heavy atom. The maximum absolute atomic E-state index is 12.2. The number of hydrogen-bond acceptors (Lipinski definition) is 3. The lowest BCUT2D eigenvalue weighted by Gasteiger charge is -2.10. The molecule has 22 heavy (non-hydrogen) atoms. The minimum Gasteiger partial charge on any atom is -0.493 e. The van der Waals surface area contributed by atoms with Crippen LogP contribution in [0.3, 0.4) is 0 Å². The molecule has 0 fully saturated rings. The smallest absolute Gasteiger partial charge is 0.339 e. The molecule has 2 aromatic rings. The Kier molecular flexibility index (Phi) is 6.05. The van der Waals surface area contributed by atoms with E-state index in [4.69, 9.17) is 9.15 Å². The molecule has 0 amide bonds. The number of unbranched alkanes of at least 4 members (excludes halogenated alkanes) is 3. The molecule has 0 bridgehead atoms. The predicted molar refractivity (Wildman–Crippen MR) is 90.9 cm³/mol. The van der Waals surface area contributed by atoms with E-state index < -0.39 is 0 Å². The zero-order valence-electron chi connectivity index (χ0n) is 13.9. The van der Waals surface area contributed by atoms with Gasteiger partial charge in [-0.15, -0.1) is 0 Å². The predicted octanol–water partition coefficient (Wildman–Crippen LogP) is 5.01. The van der Waals surface area contributed by atoms with Gasteiger partial charge in [0.15, 0.2) is 0 Å². The van der Waals surface area contributed by atoms with Crippen LogP contribution in [0.5, 0.6) is 5.75 Å². The van der Waals surface area contributed by atoms with Crippen LogP contribution >= 0.6 is 0 Å². The van der Waals surface area contributed by atoms with Crippen LogP contribution in [0.25, 0.3) is 11.0 Å². The number of aryl methyl sites for hydroxylation is 1. The molecule has 120 valence electrons. The number of rotatable bonds is 8. The zero-order chi connectivity index (χ0) is 15.9. The van der Waals surface area contributed by atoms with E-state index >= 15 is 0 Å². The van der Waals surface area contributed by atoms with Gasteiger partial charge >= 0.3 is 5.63 Å². The molecular formula is C19H26O3. The molecule has 0 spiro atoms. The molecular weight excluding hydrogens is 276 g/mol. The van der Waals surface area contributed by atoms with E-state index in [9.17, 15) is 4.79 Å². The Morgan fingerprint density at radius 2 is 1.86 bits per heavy atom. The van der Waals surface area contributed by atoms with Crippen molar-refractivity contribution in [2.45, 2.75) is 59.3 Å². The maximum atomic E-state index is 12.2. The van der Waals surface area contributed by atoms with Crippen LogP contribution in [0.4, 0.5) is 0 Å². The fourth-order valence-electron chi connectivity index (χ4n) is 2.64. The van der Waals surface area contributed by atoms with Crippen molar-refractivity contribution in [1.82, 2.24) is 0 Å². The third-order valence-electron chi connectivity index (χ3n) is 4.06. The van der Waals surface area contributed by atoms with Gasteiger partial charge in [-0.05, 0) is 43.9 Å². The van der Waals surface area contributed by atoms with E-state index in [2.05, 4.69) is 13.8 Å². The van der Waals surface area contributed by atoms with E-state index in [1.54, 1.807) is 0 Å². The van der Waals surface area contributed by atoms with Gasteiger partial charge < -0.3 is 9.15 Å². The first kappa shape index (κ1) is 16.6. The maximum Gasteiger partial charge on any atom is 0.339 e. The van der Waals surface area contributed by atoms with E-state index in [0.717, 1.165) is 60.8 Å². The number of ether oxygens (including phenoxy) is 1. The molecule has 0 aliphatic rings. The van der Waals surface area contributed by atoms with E-state index in [1.165, 1.54) is 0 Å². The van der Waals surface area contributed by atoms with Gasteiger partial charge in [-0.3, -0.25) is 0 Å². The molecule has 2 rings (SSSR count). The lowest BCUT2D eigenvalue weighted by atomic mass is 10.0. The van der Waals surface area contributed by atoms with Gasteiger partial charge in [-0.2, -0.15) is 0 Å². The normalized spacial score (nSPS) is 11.0. The summed E-state index contributed by atoms with van der Waals surface area (Å²) in [5.41, 5.74) is 2.28. The summed E-state index contributed by atoms with van der Waals surface area (Å²) in [5, 5.41) is 1.01. The van der Waals surface area contributed by atoms with Crippen LogP contribution in [0.15, 0.2) is 27.4 Å². The lowest BCUT2D eigenvalue weighted by molar-refractivity contribution is 0.309. The monoisotopic (exact) mass is 302 g/mol. The second-order valence-electron chi connectivity index (χ2n) is 5.81. The number of fused-ring (bicyclic) bond motifs is 1. The SMILES string of the molecule is CCCCCc1c(C)c2ccc(OCCCC)cc2oc1=O. The Hall–Kier alpha value is -1.77. The van der Waals surface area contributed by atoms with Gasteiger partial charge in [-0.25, -0.2) is 4.79 Å². The van der Waals surface area contributed by atoms with Crippen molar-refractivity contribution in [3.8, 4) is 5.75 Å². The molecule has 1 aromatic carbocycles. The second kappa shape index (κ2) is 8.02. The summed E-state index contributed by atoms with van der Waals surface area (Å²) in [6.45, 7) is 7.00. The van der Waals surface area contributed by atoms with Crippen molar-refractivity contribution in [2.24, 2.45) is 0 Å². The summed E-state index contributed by atoms with van der Waals surface area (Å²) < 4.78 is 11.2. The summed E-state index contributed by atoms with van der Waals surface area (Å²) in [5.74, 6) is 0.766. The molecule has 0 saturated heterocycles. The third kappa shape index (κ3) is 3.90. The summed E-state index contributed by atoms with van der Waals surface area (Å²) in [4.78, 5) is 12.2. The first-order chi connectivity index (χ1) is 10.7. The molecule has 3 heteroatoms. The van der Waals surface area contributed by atoms with E-state index in [0.29, 0.717) is 12.2 Å². The zero-order valence-corrected chi connectivity index (χ0v) is 13.9. The molecule has 3 nitrogen and oxygen atoms in total. The molecule has 0 radical (unpaired) electrons. The third-order valence-corrected chi connectivity index (χ3v) is 4.06. The molecule has 1 heterocycles. The van der Waals surface area contributed by atoms with Crippen LogP contribution in [-0.4, -0.2) is 6.61 Å². The molecule has 0 aliphatic heterocycles. The Labute approximate surface area is 132 Å². The Morgan fingerprint density at radius 1 is 1.09 bits per heavy atom. The highest BCUT2D eigenvalue weighted by molar-refractivity contribution is 5.82. The highest BCUT2D eigenvalue weighted by Crippen LogP contribution is 2.25. The van der Waals surface area contributed by atoms with Gasteiger partial charge in [-0.1, -0.05) is 33.1 Å². The van der Waals surface area contributed by atoms with Gasteiger partial charge in [0.2, 0.25) is 0 Å². The average molecular weight is 302 g/mol. The van der Waals surface area contributed by atoms with Crippen LogP contribution in [0.1, 0.15) is 57.1 Å². The van der Waals surface area contributed by atoms with Crippen LogP contribution in [-0.2, 0) is 6.42 Å².